The molecule has 0 bridgehead atoms. The zero-order valence-corrected chi connectivity index (χ0v) is 14.5. The fourth-order valence-corrected chi connectivity index (χ4v) is 3.73. The number of nitrogens with one attached hydrogen (secondary N) is 1. The van der Waals surface area contributed by atoms with Crippen molar-refractivity contribution in [2.45, 2.75) is 29.9 Å². The number of aromatic amines is 1. The van der Waals surface area contributed by atoms with Crippen LogP contribution in [-0.2, 0) is 0 Å². The predicted octanol–water partition coefficient (Wildman–Crippen LogP) is 3.66. The molecule has 1 fully saturated rings. The summed E-state index contributed by atoms with van der Waals surface area (Å²) in [6.45, 7) is 1.86. The minimum Gasteiger partial charge on any atom is -0.293 e. The van der Waals surface area contributed by atoms with Crippen molar-refractivity contribution < 1.29 is 0 Å². The molecule has 0 saturated heterocycles. The first-order chi connectivity index (χ1) is 12.2. The monoisotopic (exact) mass is 348 g/mol. The standard InChI is InChI=1S/C19H16N4OS/c1-12-18(14-4-2-13(10-20)3-5-14)19(24)23(22-12)17-9-8-16(11-21-17)25-15-6-7-15/h2-5,8-9,11,15,22H,6-7H2,1H3. The van der Waals surface area contributed by atoms with Crippen molar-refractivity contribution >= 4 is 11.8 Å². The number of hydrogen-bond acceptors (Lipinski definition) is 4. The van der Waals surface area contributed by atoms with Crippen LogP contribution < -0.4 is 5.56 Å². The Morgan fingerprint density at radius 3 is 2.60 bits per heavy atom. The second-order valence-electron chi connectivity index (χ2n) is 6.11. The van der Waals surface area contributed by atoms with Crippen molar-refractivity contribution in [2.24, 2.45) is 0 Å². The maximum Gasteiger partial charge on any atom is 0.280 e. The van der Waals surface area contributed by atoms with Crippen molar-refractivity contribution in [3.63, 3.8) is 0 Å². The van der Waals surface area contributed by atoms with E-state index in [2.05, 4.69) is 16.2 Å². The first kappa shape index (κ1) is 15.7. The topological polar surface area (TPSA) is 74.5 Å². The SMILES string of the molecule is Cc1[nH]n(-c2ccc(SC3CC3)cn2)c(=O)c1-c1ccc(C#N)cc1. The molecule has 0 aliphatic heterocycles. The zero-order valence-electron chi connectivity index (χ0n) is 13.7. The molecule has 0 amide bonds. The van der Waals surface area contributed by atoms with Gasteiger partial charge in [0.15, 0.2) is 5.82 Å². The van der Waals surface area contributed by atoms with Crippen LogP contribution in [0.4, 0.5) is 0 Å². The molecule has 1 saturated carbocycles. The fraction of sp³-hybridized carbons (Fsp3) is 0.211. The first-order valence-electron chi connectivity index (χ1n) is 8.11. The van der Waals surface area contributed by atoms with Crippen molar-refractivity contribution in [1.82, 2.24) is 14.8 Å². The van der Waals surface area contributed by atoms with E-state index in [0.29, 0.717) is 16.9 Å². The molecular formula is C19H16N4OS. The summed E-state index contributed by atoms with van der Waals surface area (Å²) in [5.74, 6) is 0.577. The Morgan fingerprint density at radius 1 is 1.24 bits per heavy atom. The molecule has 4 rings (SSSR count). The van der Waals surface area contributed by atoms with Crippen LogP contribution >= 0.6 is 11.8 Å². The molecule has 1 aliphatic carbocycles. The lowest BCUT2D eigenvalue weighted by atomic mass is 10.1. The van der Waals surface area contributed by atoms with Gasteiger partial charge in [0, 0.05) is 22.0 Å². The third-order valence-corrected chi connectivity index (χ3v) is 5.47. The molecule has 1 aliphatic rings. The number of H-pyrrole nitrogens is 1. The van der Waals surface area contributed by atoms with E-state index in [4.69, 9.17) is 5.26 Å². The summed E-state index contributed by atoms with van der Waals surface area (Å²) in [4.78, 5) is 18.4. The van der Waals surface area contributed by atoms with Crippen molar-refractivity contribution in [3.8, 4) is 23.0 Å². The Bertz CT molecular complexity index is 1010. The molecule has 1 N–H and O–H groups in total. The van der Waals surface area contributed by atoms with Gasteiger partial charge in [-0.25, -0.2) is 9.67 Å². The Morgan fingerprint density at radius 2 is 2.00 bits per heavy atom. The molecule has 1 aromatic carbocycles. The number of hydrogen-bond donors (Lipinski definition) is 1. The summed E-state index contributed by atoms with van der Waals surface area (Å²) in [5.41, 5.74) is 2.59. The van der Waals surface area contributed by atoms with Crippen LogP contribution in [-0.4, -0.2) is 20.0 Å². The Kier molecular flexibility index (Phi) is 3.94. The average molecular weight is 348 g/mol. The highest BCUT2D eigenvalue weighted by Crippen LogP contribution is 2.38. The normalized spacial score (nSPS) is 13.6. The molecule has 25 heavy (non-hydrogen) atoms. The Hall–Kier alpha value is -2.78. The summed E-state index contributed by atoms with van der Waals surface area (Å²) in [5, 5.41) is 12.7. The van der Waals surface area contributed by atoms with Gasteiger partial charge in [-0.1, -0.05) is 12.1 Å². The molecule has 2 heterocycles. The van der Waals surface area contributed by atoms with Gasteiger partial charge in [-0.3, -0.25) is 9.89 Å². The fourth-order valence-electron chi connectivity index (χ4n) is 2.71. The van der Waals surface area contributed by atoms with Gasteiger partial charge in [-0.2, -0.15) is 5.26 Å². The van der Waals surface area contributed by atoms with E-state index < -0.39 is 0 Å². The molecular weight excluding hydrogens is 332 g/mol. The zero-order chi connectivity index (χ0) is 17.4. The van der Waals surface area contributed by atoms with E-state index in [1.54, 1.807) is 24.3 Å². The summed E-state index contributed by atoms with van der Waals surface area (Å²) >= 11 is 1.84. The summed E-state index contributed by atoms with van der Waals surface area (Å²) in [6, 6.07) is 13.0. The van der Waals surface area contributed by atoms with Crippen LogP contribution in [0, 0.1) is 18.3 Å². The number of benzene rings is 1. The number of nitriles is 1. The largest absolute Gasteiger partial charge is 0.293 e. The third kappa shape index (κ3) is 3.11. The number of aromatic nitrogens is 3. The number of rotatable bonds is 4. The molecule has 3 aromatic rings. The quantitative estimate of drug-likeness (QED) is 0.781. The summed E-state index contributed by atoms with van der Waals surface area (Å²) < 4.78 is 1.47. The van der Waals surface area contributed by atoms with Crippen LogP contribution in [0.25, 0.3) is 16.9 Å². The van der Waals surface area contributed by atoms with Crippen LogP contribution in [0.5, 0.6) is 0 Å². The van der Waals surface area contributed by atoms with E-state index in [0.717, 1.165) is 21.4 Å². The van der Waals surface area contributed by atoms with E-state index in [9.17, 15) is 4.79 Å². The van der Waals surface area contributed by atoms with Crippen LogP contribution in [0.3, 0.4) is 0 Å². The molecule has 6 heteroatoms. The molecule has 0 radical (unpaired) electrons. The summed E-state index contributed by atoms with van der Waals surface area (Å²) in [7, 11) is 0. The maximum absolute atomic E-state index is 12.8. The van der Waals surface area contributed by atoms with Gasteiger partial charge in [0.25, 0.3) is 5.56 Å². The second-order valence-corrected chi connectivity index (χ2v) is 7.48. The van der Waals surface area contributed by atoms with Gasteiger partial charge < -0.3 is 0 Å². The first-order valence-corrected chi connectivity index (χ1v) is 8.99. The number of thioether (sulfide) groups is 1. The number of nitrogens with zero attached hydrogens (tertiary/aromatic N) is 3. The minimum atomic E-state index is -0.141. The van der Waals surface area contributed by atoms with E-state index >= 15 is 0 Å². The van der Waals surface area contributed by atoms with Crippen molar-refractivity contribution in [1.29, 1.82) is 5.26 Å². The highest BCUT2D eigenvalue weighted by molar-refractivity contribution is 8.00. The minimum absolute atomic E-state index is 0.141. The van der Waals surface area contributed by atoms with Gasteiger partial charge in [-0.15, -0.1) is 11.8 Å². The van der Waals surface area contributed by atoms with Gasteiger partial charge in [-0.05, 0) is 49.6 Å². The van der Waals surface area contributed by atoms with Crippen LogP contribution in [0.2, 0.25) is 0 Å². The molecule has 0 unspecified atom stereocenters. The molecule has 124 valence electrons. The molecule has 2 aromatic heterocycles. The molecule has 0 atom stereocenters. The highest BCUT2D eigenvalue weighted by atomic mass is 32.2. The summed E-state index contributed by atoms with van der Waals surface area (Å²) in [6.07, 6.45) is 4.37. The van der Waals surface area contributed by atoms with Gasteiger partial charge >= 0.3 is 0 Å². The maximum atomic E-state index is 12.8. The smallest absolute Gasteiger partial charge is 0.280 e. The van der Waals surface area contributed by atoms with Crippen LogP contribution in [0.15, 0.2) is 52.3 Å². The lowest BCUT2D eigenvalue weighted by Crippen LogP contribution is -2.16. The highest BCUT2D eigenvalue weighted by Gasteiger charge is 2.22. The number of pyridine rings is 1. The number of aryl methyl sites for hydroxylation is 1. The van der Waals surface area contributed by atoms with Gasteiger partial charge in [0.2, 0.25) is 0 Å². The Labute approximate surface area is 149 Å². The van der Waals surface area contributed by atoms with Gasteiger partial charge in [0.1, 0.15) is 0 Å². The van der Waals surface area contributed by atoms with E-state index in [-0.39, 0.29) is 5.56 Å². The lowest BCUT2D eigenvalue weighted by molar-refractivity contribution is 0.804. The average Bonchev–Trinajstić information content (AvgIpc) is 3.40. The van der Waals surface area contributed by atoms with Crippen LogP contribution in [0.1, 0.15) is 24.1 Å². The molecule has 5 nitrogen and oxygen atoms in total. The van der Waals surface area contributed by atoms with Crippen molar-refractivity contribution in [3.05, 3.63) is 64.2 Å². The second kappa shape index (κ2) is 6.26. The molecule has 0 spiro atoms. The van der Waals surface area contributed by atoms with E-state index in [1.807, 2.05) is 37.0 Å². The van der Waals surface area contributed by atoms with Crippen molar-refractivity contribution in [2.75, 3.05) is 0 Å². The van der Waals surface area contributed by atoms with Gasteiger partial charge in [0.05, 0.1) is 17.2 Å². The lowest BCUT2D eigenvalue weighted by Gasteiger charge is -2.02. The third-order valence-electron chi connectivity index (χ3n) is 4.15. The van der Waals surface area contributed by atoms with E-state index in [1.165, 1.54) is 17.5 Å². The Balaban J connectivity index is 1.69. The predicted molar refractivity (Wildman–Crippen MR) is 98.0 cm³/mol.